The largest absolute Gasteiger partial charge is 0.477 e. The molecule has 3 rings (SSSR count). The van der Waals surface area contributed by atoms with Crippen LogP contribution in [0.4, 0.5) is 10.5 Å². The molecule has 1 atom stereocenters. The fourth-order valence-electron chi connectivity index (χ4n) is 3.45. The van der Waals surface area contributed by atoms with Gasteiger partial charge in [-0.05, 0) is 31.4 Å². The molecule has 8 nitrogen and oxygen atoms in total. The van der Waals surface area contributed by atoms with Crippen molar-refractivity contribution in [2.75, 3.05) is 37.6 Å². The van der Waals surface area contributed by atoms with Crippen molar-refractivity contribution in [3.05, 3.63) is 36.9 Å². The van der Waals surface area contributed by atoms with Crippen LogP contribution in [0.25, 0.3) is 0 Å². The molecule has 1 aromatic rings. The van der Waals surface area contributed by atoms with E-state index in [1.165, 1.54) is 6.08 Å². The highest BCUT2D eigenvalue weighted by Gasteiger charge is 2.34. The van der Waals surface area contributed by atoms with E-state index < -0.39 is 18.0 Å². The second kappa shape index (κ2) is 9.25. The van der Waals surface area contributed by atoms with Gasteiger partial charge >= 0.3 is 6.03 Å². The van der Waals surface area contributed by atoms with Crippen molar-refractivity contribution in [3.8, 4) is 5.75 Å². The normalized spacial score (nSPS) is 18.5. The van der Waals surface area contributed by atoms with Crippen molar-refractivity contribution in [2.45, 2.75) is 25.4 Å². The summed E-state index contributed by atoms with van der Waals surface area (Å²) in [7, 11) is 0. The van der Waals surface area contributed by atoms with Gasteiger partial charge in [-0.1, -0.05) is 18.2 Å². The lowest BCUT2D eigenvalue weighted by atomic mass is 10.1. The molecular weight excluding hydrogens is 360 g/mol. The molecule has 0 bridgehead atoms. The van der Waals surface area contributed by atoms with Gasteiger partial charge in [0.05, 0.1) is 18.8 Å². The van der Waals surface area contributed by atoms with E-state index in [0.29, 0.717) is 5.75 Å². The molecule has 4 amide bonds. The number of anilines is 1. The Labute approximate surface area is 164 Å². The third kappa shape index (κ3) is 4.82. The lowest BCUT2D eigenvalue weighted by molar-refractivity contribution is -0.139. The molecule has 2 aliphatic heterocycles. The number of fused-ring (bicyclic) bond motifs is 1. The standard InChI is InChI=1S/C20H26N4O4/c1-2-10-21-20(27)22-18(25)14-24-13-17(19(26)23-11-6-3-7-12-23)28-16-9-5-4-8-15(16)24/h2,4-5,8-9,17H,1,3,6-7,10-14H2,(H2,21,22,25,27). The van der Waals surface area contributed by atoms with Crippen molar-refractivity contribution in [1.29, 1.82) is 0 Å². The number of urea groups is 1. The van der Waals surface area contributed by atoms with Crippen LogP contribution in [-0.2, 0) is 9.59 Å². The van der Waals surface area contributed by atoms with Gasteiger partial charge in [0.25, 0.3) is 5.91 Å². The second-order valence-electron chi connectivity index (χ2n) is 6.89. The highest BCUT2D eigenvalue weighted by Crippen LogP contribution is 2.33. The molecule has 0 aliphatic carbocycles. The number of hydrogen-bond donors (Lipinski definition) is 2. The maximum atomic E-state index is 12.9. The van der Waals surface area contributed by atoms with Gasteiger partial charge in [0, 0.05) is 19.6 Å². The monoisotopic (exact) mass is 386 g/mol. The first-order chi connectivity index (χ1) is 13.6. The number of para-hydroxylation sites is 2. The minimum atomic E-state index is -0.671. The Morgan fingerprint density at radius 2 is 1.93 bits per heavy atom. The number of piperidine rings is 1. The van der Waals surface area contributed by atoms with Gasteiger partial charge in [0.15, 0.2) is 6.10 Å². The van der Waals surface area contributed by atoms with Gasteiger partial charge in [0.2, 0.25) is 5.91 Å². The Morgan fingerprint density at radius 1 is 1.18 bits per heavy atom. The maximum absolute atomic E-state index is 12.9. The van der Waals surface area contributed by atoms with E-state index >= 15 is 0 Å². The zero-order valence-corrected chi connectivity index (χ0v) is 15.9. The van der Waals surface area contributed by atoms with E-state index in [1.54, 1.807) is 11.0 Å². The van der Waals surface area contributed by atoms with E-state index in [4.69, 9.17) is 4.74 Å². The van der Waals surface area contributed by atoms with E-state index in [1.807, 2.05) is 23.1 Å². The number of carbonyl (C=O) groups excluding carboxylic acids is 3. The summed E-state index contributed by atoms with van der Waals surface area (Å²) in [6.45, 7) is 5.47. The highest BCUT2D eigenvalue weighted by molar-refractivity contribution is 5.97. The van der Waals surface area contributed by atoms with Crippen LogP contribution in [0.2, 0.25) is 0 Å². The van der Waals surface area contributed by atoms with Crippen molar-refractivity contribution in [1.82, 2.24) is 15.5 Å². The summed E-state index contributed by atoms with van der Waals surface area (Å²) in [4.78, 5) is 40.5. The topological polar surface area (TPSA) is 91.0 Å². The quantitative estimate of drug-likeness (QED) is 0.744. The number of ether oxygens (including phenoxy) is 1. The maximum Gasteiger partial charge on any atom is 0.321 e. The first-order valence-corrected chi connectivity index (χ1v) is 9.56. The molecule has 0 aromatic heterocycles. The second-order valence-corrected chi connectivity index (χ2v) is 6.89. The Bertz CT molecular complexity index is 745. The van der Waals surface area contributed by atoms with Gasteiger partial charge in [-0.3, -0.25) is 14.9 Å². The molecule has 1 unspecified atom stereocenters. The summed E-state index contributed by atoms with van der Waals surface area (Å²) >= 11 is 0. The molecule has 150 valence electrons. The summed E-state index contributed by atoms with van der Waals surface area (Å²) < 4.78 is 5.94. The Morgan fingerprint density at radius 3 is 2.68 bits per heavy atom. The van der Waals surface area contributed by atoms with Crippen molar-refractivity contribution >= 4 is 23.5 Å². The molecule has 1 saturated heterocycles. The van der Waals surface area contributed by atoms with E-state index in [9.17, 15) is 14.4 Å². The molecule has 1 aromatic carbocycles. The molecule has 2 aliphatic rings. The van der Waals surface area contributed by atoms with Crippen LogP contribution in [0.15, 0.2) is 36.9 Å². The first-order valence-electron chi connectivity index (χ1n) is 9.56. The molecule has 8 heteroatoms. The third-order valence-corrected chi connectivity index (χ3v) is 4.80. The number of likely N-dealkylation sites (tertiary alicyclic amines) is 1. The third-order valence-electron chi connectivity index (χ3n) is 4.80. The Kier molecular flexibility index (Phi) is 6.52. The average Bonchev–Trinajstić information content (AvgIpc) is 2.72. The van der Waals surface area contributed by atoms with Crippen LogP contribution in [-0.4, -0.2) is 61.6 Å². The van der Waals surface area contributed by atoms with Crippen molar-refractivity contribution in [3.63, 3.8) is 0 Å². The van der Waals surface area contributed by atoms with Crippen molar-refractivity contribution < 1.29 is 19.1 Å². The van der Waals surface area contributed by atoms with E-state index in [2.05, 4.69) is 17.2 Å². The molecule has 28 heavy (non-hydrogen) atoms. The summed E-state index contributed by atoms with van der Waals surface area (Å²) in [6, 6.07) is 6.71. The van der Waals surface area contributed by atoms with E-state index in [-0.39, 0.29) is 25.5 Å². The lowest BCUT2D eigenvalue weighted by Crippen LogP contribution is -2.53. The molecule has 0 spiro atoms. The molecular formula is C20H26N4O4. The number of hydrogen-bond acceptors (Lipinski definition) is 5. The van der Waals surface area contributed by atoms with Gasteiger partial charge in [-0.2, -0.15) is 0 Å². The van der Waals surface area contributed by atoms with Gasteiger partial charge in [0.1, 0.15) is 5.75 Å². The number of imide groups is 1. The predicted molar refractivity (Wildman–Crippen MR) is 105 cm³/mol. The van der Waals surface area contributed by atoms with Crippen LogP contribution < -0.4 is 20.3 Å². The molecule has 0 saturated carbocycles. The average molecular weight is 386 g/mol. The minimum Gasteiger partial charge on any atom is -0.477 e. The molecule has 2 N–H and O–H groups in total. The van der Waals surface area contributed by atoms with Crippen LogP contribution in [0.5, 0.6) is 5.75 Å². The number of amides is 4. The van der Waals surface area contributed by atoms with Crippen LogP contribution in [0.1, 0.15) is 19.3 Å². The number of carbonyl (C=O) groups is 3. The highest BCUT2D eigenvalue weighted by atomic mass is 16.5. The minimum absolute atomic E-state index is 0.0499. The lowest BCUT2D eigenvalue weighted by Gasteiger charge is -2.38. The van der Waals surface area contributed by atoms with E-state index in [0.717, 1.165) is 38.0 Å². The summed E-state index contributed by atoms with van der Waals surface area (Å²) in [6.07, 6.45) is 4.00. The summed E-state index contributed by atoms with van der Waals surface area (Å²) in [5.74, 6) is 0.0544. The first kappa shape index (κ1) is 19.7. The van der Waals surface area contributed by atoms with Gasteiger partial charge in [-0.15, -0.1) is 6.58 Å². The van der Waals surface area contributed by atoms with Gasteiger partial charge < -0.3 is 19.9 Å². The van der Waals surface area contributed by atoms with Crippen LogP contribution in [0.3, 0.4) is 0 Å². The fourth-order valence-corrected chi connectivity index (χ4v) is 3.45. The summed E-state index contributed by atoms with van der Waals surface area (Å²) in [5.41, 5.74) is 0.729. The summed E-state index contributed by atoms with van der Waals surface area (Å²) in [5, 5.41) is 4.78. The zero-order chi connectivity index (χ0) is 19.9. The SMILES string of the molecule is C=CCNC(=O)NC(=O)CN1CC(C(=O)N2CCCCC2)Oc2ccccc21. The smallest absolute Gasteiger partial charge is 0.321 e. The number of benzene rings is 1. The fraction of sp³-hybridized carbons (Fsp3) is 0.450. The molecule has 0 radical (unpaired) electrons. The van der Waals surface area contributed by atoms with Gasteiger partial charge in [-0.25, -0.2) is 4.79 Å². The Balaban J connectivity index is 1.68. The number of rotatable bonds is 5. The molecule has 1 fully saturated rings. The number of nitrogens with one attached hydrogen (secondary N) is 2. The van der Waals surface area contributed by atoms with Crippen molar-refractivity contribution in [2.24, 2.45) is 0 Å². The van der Waals surface area contributed by atoms with Crippen LogP contribution in [0, 0.1) is 0 Å². The predicted octanol–water partition coefficient (Wildman–Crippen LogP) is 1.28. The Hall–Kier alpha value is -3.03. The zero-order valence-electron chi connectivity index (χ0n) is 15.9. The molecule has 2 heterocycles. The number of nitrogens with zero attached hydrogens (tertiary/aromatic N) is 2. The van der Waals surface area contributed by atoms with Crippen LogP contribution >= 0.6 is 0 Å².